The maximum atomic E-state index is 11.2. The summed E-state index contributed by atoms with van der Waals surface area (Å²) >= 11 is 0. The van der Waals surface area contributed by atoms with Crippen molar-refractivity contribution in [3.8, 4) is 0 Å². The number of hydrogen-bond donors (Lipinski definition) is 0. The molecule has 0 saturated heterocycles. The molecule has 0 unspecified atom stereocenters. The summed E-state index contributed by atoms with van der Waals surface area (Å²) in [4.78, 5) is 33.6. The van der Waals surface area contributed by atoms with Crippen molar-refractivity contribution >= 4 is 18.0 Å². The van der Waals surface area contributed by atoms with Crippen molar-refractivity contribution in [3.63, 3.8) is 0 Å². The van der Waals surface area contributed by atoms with Gasteiger partial charge in [-0.05, 0) is 0 Å². The van der Waals surface area contributed by atoms with Crippen molar-refractivity contribution in [2.24, 2.45) is 0 Å². The van der Waals surface area contributed by atoms with Gasteiger partial charge in [-0.3, -0.25) is 9.69 Å². The summed E-state index contributed by atoms with van der Waals surface area (Å²) in [6, 6.07) is 0. The highest BCUT2D eigenvalue weighted by Gasteiger charge is 2.16. The summed E-state index contributed by atoms with van der Waals surface area (Å²) in [7, 11) is -0.618. The van der Waals surface area contributed by atoms with E-state index in [1.807, 2.05) is 0 Å². The van der Waals surface area contributed by atoms with Crippen LogP contribution in [0.2, 0.25) is 0 Å². The first-order valence-electron chi connectivity index (χ1n) is 5.33. The van der Waals surface area contributed by atoms with Crippen molar-refractivity contribution in [2.45, 2.75) is 13.3 Å². The Morgan fingerprint density at radius 1 is 1.47 bits per heavy atom. The van der Waals surface area contributed by atoms with Crippen LogP contribution in [0, 0.1) is 0 Å². The van der Waals surface area contributed by atoms with E-state index in [2.05, 4.69) is 16.1 Å². The average molecular weight is 219 g/mol. The summed E-state index contributed by atoms with van der Waals surface area (Å²) in [5.74, 6) is -1.46. The second-order valence-corrected chi connectivity index (χ2v) is 2.27. The van der Waals surface area contributed by atoms with E-state index in [0.717, 1.165) is 6.08 Å². The molecule has 0 atom stereocenters. The molecule has 15 heavy (non-hydrogen) atoms. The number of rotatable bonds is 4. The van der Waals surface area contributed by atoms with Gasteiger partial charge < -0.3 is 9.47 Å². The number of hydrogen-bond acceptors (Lipinski definition) is 5. The largest absolute Gasteiger partial charge is 0.425 e. The number of carbonyl (C=O) groups excluding carboxylic acids is 3. The SMILES string of the molecule is [3H]CCC(=O)N(C[3H])C(=O)OCOC(=O)C=C. The Kier molecular flexibility index (Phi) is 4.25. The van der Waals surface area contributed by atoms with Crippen molar-refractivity contribution in [1.82, 2.24) is 4.90 Å². The van der Waals surface area contributed by atoms with Gasteiger partial charge in [0.1, 0.15) is 0 Å². The lowest BCUT2D eigenvalue weighted by Crippen LogP contribution is -2.33. The van der Waals surface area contributed by atoms with E-state index in [-0.39, 0.29) is 13.3 Å². The number of esters is 1. The van der Waals surface area contributed by atoms with Gasteiger partial charge in [-0.15, -0.1) is 0 Å². The van der Waals surface area contributed by atoms with E-state index in [1.54, 1.807) is 0 Å². The third-order valence-electron chi connectivity index (χ3n) is 1.29. The van der Waals surface area contributed by atoms with E-state index >= 15 is 0 Å². The van der Waals surface area contributed by atoms with Crippen molar-refractivity contribution < 1.29 is 26.6 Å². The molecule has 0 heterocycles. The van der Waals surface area contributed by atoms with Crippen LogP contribution in [0.4, 0.5) is 4.79 Å². The fourth-order valence-corrected chi connectivity index (χ4v) is 0.512. The molecule has 0 aromatic rings. The number of carbonyl (C=O) groups is 3. The lowest BCUT2D eigenvalue weighted by molar-refractivity contribution is -0.146. The highest BCUT2D eigenvalue weighted by Crippen LogP contribution is 1.95. The molecule has 0 aliphatic carbocycles. The summed E-state index contributed by atoms with van der Waals surface area (Å²) in [5, 5.41) is 0. The number of ether oxygens (including phenoxy) is 2. The third kappa shape index (κ3) is 4.80. The fraction of sp³-hybridized carbons (Fsp3) is 0.444. The van der Waals surface area contributed by atoms with Gasteiger partial charge in [0.2, 0.25) is 12.7 Å². The van der Waals surface area contributed by atoms with Gasteiger partial charge in [-0.1, -0.05) is 13.5 Å². The first-order chi connectivity index (χ1) is 8.06. The normalized spacial score (nSPS) is 10.7. The first-order valence-corrected chi connectivity index (χ1v) is 3.91. The zero-order chi connectivity index (χ0) is 13.3. The van der Waals surface area contributed by atoms with Crippen LogP contribution in [0.1, 0.15) is 16.1 Å². The van der Waals surface area contributed by atoms with Crippen LogP contribution in [0.3, 0.4) is 0 Å². The molecule has 0 aliphatic rings. The monoisotopic (exact) mass is 219 g/mol. The molecule has 0 radical (unpaired) electrons. The summed E-state index contributed by atoms with van der Waals surface area (Å²) in [6.45, 7) is 2.29. The Morgan fingerprint density at radius 2 is 2.20 bits per heavy atom. The Bertz CT molecular complexity index is 308. The van der Waals surface area contributed by atoms with Crippen molar-refractivity contribution in [1.29, 1.82) is 0 Å². The van der Waals surface area contributed by atoms with Gasteiger partial charge in [-0.2, -0.15) is 0 Å². The summed E-state index contributed by atoms with van der Waals surface area (Å²) in [5.41, 5.74) is 0. The second kappa shape index (κ2) is 6.58. The van der Waals surface area contributed by atoms with Gasteiger partial charge >= 0.3 is 12.1 Å². The average Bonchev–Trinajstić information content (AvgIpc) is 2.30. The van der Waals surface area contributed by atoms with Crippen LogP contribution in [-0.4, -0.2) is 36.7 Å². The molecule has 84 valence electrons. The topological polar surface area (TPSA) is 72.9 Å². The van der Waals surface area contributed by atoms with Crippen LogP contribution in [0.15, 0.2) is 12.7 Å². The molecular formula is C9H13NO5. The summed E-state index contributed by atoms with van der Waals surface area (Å²) < 4.78 is 22.6. The molecule has 0 aromatic carbocycles. The second-order valence-electron chi connectivity index (χ2n) is 2.27. The van der Waals surface area contributed by atoms with E-state index < -0.39 is 31.8 Å². The van der Waals surface area contributed by atoms with Gasteiger partial charge in [0.25, 0.3) is 0 Å². The van der Waals surface area contributed by atoms with Crippen molar-refractivity contribution in [3.05, 3.63) is 12.7 Å². The zero-order valence-electron chi connectivity index (χ0n) is 10.1. The van der Waals surface area contributed by atoms with E-state index in [1.165, 1.54) is 0 Å². The molecule has 0 aromatic heterocycles. The van der Waals surface area contributed by atoms with Gasteiger partial charge in [0.15, 0.2) is 0 Å². The molecule has 0 fully saturated rings. The predicted octanol–water partition coefficient (Wildman–Crippen LogP) is 0.678. The van der Waals surface area contributed by atoms with Gasteiger partial charge in [0, 0.05) is 22.3 Å². The molecule has 0 aliphatic heterocycles. The maximum absolute atomic E-state index is 11.2. The molecular weight excluding hydrogens is 202 g/mol. The smallest absolute Gasteiger partial charge is 0.419 e. The Morgan fingerprint density at radius 3 is 2.73 bits per heavy atom. The van der Waals surface area contributed by atoms with Gasteiger partial charge in [-0.25, -0.2) is 9.59 Å². The Hall–Kier alpha value is -1.85. The minimum atomic E-state index is -1.09. The number of imide groups is 1. The minimum absolute atomic E-state index is 0.180. The molecule has 0 rings (SSSR count). The predicted molar refractivity (Wildman–Crippen MR) is 50.7 cm³/mol. The van der Waals surface area contributed by atoms with Crippen LogP contribution in [0.5, 0.6) is 0 Å². The van der Waals surface area contributed by atoms with E-state index in [9.17, 15) is 14.4 Å². The standard InChI is InChI=1S/C9H13NO5/c1-4-7(11)10(3)9(13)15-6-14-8(12)5-2/h5H,2,4,6H2,1,3H3/i1T,3T. The van der Waals surface area contributed by atoms with Crippen LogP contribution >= 0.6 is 0 Å². The molecule has 6 nitrogen and oxygen atoms in total. The lowest BCUT2D eigenvalue weighted by atomic mass is 10.4. The minimum Gasteiger partial charge on any atom is -0.425 e. The molecule has 6 heteroatoms. The number of nitrogens with zero attached hydrogens (tertiary/aromatic N) is 1. The molecule has 0 bridgehead atoms. The molecule has 2 amide bonds. The quantitative estimate of drug-likeness (QED) is 0.395. The van der Waals surface area contributed by atoms with E-state index in [4.69, 9.17) is 2.74 Å². The molecule has 0 spiro atoms. The Balaban J connectivity index is 4.12. The fourth-order valence-electron chi connectivity index (χ4n) is 0.512. The highest BCUT2D eigenvalue weighted by atomic mass is 16.7. The highest BCUT2D eigenvalue weighted by molar-refractivity contribution is 5.91. The number of amides is 2. The van der Waals surface area contributed by atoms with Crippen LogP contribution in [-0.2, 0) is 19.1 Å². The van der Waals surface area contributed by atoms with Crippen LogP contribution < -0.4 is 0 Å². The molecule has 0 saturated carbocycles. The maximum Gasteiger partial charge on any atom is 0.419 e. The van der Waals surface area contributed by atoms with E-state index in [0.29, 0.717) is 4.90 Å². The summed E-state index contributed by atoms with van der Waals surface area (Å²) in [6.07, 6.45) is -0.378. The first kappa shape index (κ1) is 9.70. The third-order valence-corrected chi connectivity index (χ3v) is 1.29. The molecule has 0 N–H and O–H groups in total. The van der Waals surface area contributed by atoms with Gasteiger partial charge in [0.05, 0.1) is 0 Å². The zero-order valence-corrected chi connectivity index (χ0v) is 8.10. The lowest BCUT2D eigenvalue weighted by Gasteiger charge is -2.13. The van der Waals surface area contributed by atoms with Crippen LogP contribution in [0.25, 0.3) is 0 Å². The Labute approximate surface area is 90.3 Å². The van der Waals surface area contributed by atoms with Crippen molar-refractivity contribution in [2.75, 3.05) is 13.8 Å².